The number of rotatable bonds is 17. The molecule has 0 spiro atoms. The SMILES string of the molecule is C=C(C)OCOCCOC(=O)c1cc(C(=O)CCOC(=O)C(=C)C)cc(C(=O)OCCOC(=O)C(=C)C)c1. The first-order valence-corrected chi connectivity index (χ1v) is 11.5. The predicted molar refractivity (Wildman–Crippen MR) is 134 cm³/mol. The molecule has 0 aliphatic carbocycles. The lowest BCUT2D eigenvalue weighted by Crippen LogP contribution is -2.17. The summed E-state index contributed by atoms with van der Waals surface area (Å²) in [5.74, 6) is -3.01. The maximum absolute atomic E-state index is 12.7. The van der Waals surface area contributed by atoms with Gasteiger partial charge in [-0.05, 0) is 39.0 Å². The Labute approximate surface area is 221 Å². The van der Waals surface area contributed by atoms with Gasteiger partial charge in [-0.25, -0.2) is 19.2 Å². The Hall–Kier alpha value is -4.25. The molecule has 11 nitrogen and oxygen atoms in total. The molecule has 0 amide bonds. The first-order chi connectivity index (χ1) is 17.9. The van der Waals surface area contributed by atoms with Crippen molar-refractivity contribution in [2.75, 3.05) is 39.8 Å². The molecule has 0 N–H and O–H groups in total. The molecule has 38 heavy (non-hydrogen) atoms. The normalized spacial score (nSPS) is 10.1. The van der Waals surface area contributed by atoms with Crippen LogP contribution in [0.4, 0.5) is 0 Å². The standard InChI is InChI=1S/C27H32O11/c1-17(2)24(29)34-8-7-23(28)20-13-21(26(31)36-10-9-33-16-38-19(5)6)15-22(14-20)27(32)37-12-11-35-25(30)18(3)4/h13-15H,1,3,5,7-12,16H2,2,4,6H3. The Morgan fingerprint density at radius 3 is 1.55 bits per heavy atom. The Balaban J connectivity index is 2.92. The van der Waals surface area contributed by atoms with E-state index in [2.05, 4.69) is 19.7 Å². The number of hydrogen-bond donors (Lipinski definition) is 0. The highest BCUT2D eigenvalue weighted by atomic mass is 16.7. The summed E-state index contributed by atoms with van der Waals surface area (Å²) in [6, 6.07) is 3.69. The lowest BCUT2D eigenvalue weighted by molar-refractivity contribution is -0.140. The molecule has 0 aliphatic heterocycles. The van der Waals surface area contributed by atoms with Gasteiger partial charge in [-0.1, -0.05) is 19.7 Å². The van der Waals surface area contributed by atoms with Crippen LogP contribution in [0, 0.1) is 0 Å². The number of Topliss-reactive ketones (excluding diaryl/α,β-unsaturated/α-hetero) is 1. The summed E-state index contributed by atoms with van der Waals surface area (Å²) in [5.41, 5.74) is 0.162. The largest absolute Gasteiger partial charge is 0.473 e. The first kappa shape index (κ1) is 31.8. The molecule has 1 aromatic rings. The fourth-order valence-electron chi connectivity index (χ4n) is 2.48. The second kappa shape index (κ2) is 16.5. The first-order valence-electron chi connectivity index (χ1n) is 11.5. The number of esters is 4. The Morgan fingerprint density at radius 2 is 1.05 bits per heavy atom. The number of ketones is 1. The van der Waals surface area contributed by atoms with Gasteiger partial charge in [-0.2, -0.15) is 0 Å². The van der Waals surface area contributed by atoms with Crippen molar-refractivity contribution >= 4 is 29.7 Å². The molecular weight excluding hydrogens is 500 g/mol. The molecule has 0 unspecified atom stereocenters. The Morgan fingerprint density at radius 1 is 0.605 bits per heavy atom. The van der Waals surface area contributed by atoms with E-state index in [1.54, 1.807) is 6.92 Å². The van der Waals surface area contributed by atoms with Crippen LogP contribution in [0.1, 0.15) is 58.3 Å². The van der Waals surface area contributed by atoms with E-state index in [1.165, 1.54) is 32.0 Å². The van der Waals surface area contributed by atoms with Crippen molar-refractivity contribution in [3.05, 3.63) is 71.5 Å². The summed E-state index contributed by atoms with van der Waals surface area (Å²) >= 11 is 0. The van der Waals surface area contributed by atoms with Crippen molar-refractivity contribution in [2.24, 2.45) is 0 Å². The van der Waals surface area contributed by atoms with Gasteiger partial charge in [0.2, 0.25) is 0 Å². The molecule has 11 heteroatoms. The molecule has 0 heterocycles. The monoisotopic (exact) mass is 532 g/mol. The predicted octanol–water partition coefficient (Wildman–Crippen LogP) is 3.34. The highest BCUT2D eigenvalue weighted by molar-refractivity contribution is 6.03. The lowest BCUT2D eigenvalue weighted by Gasteiger charge is -2.11. The summed E-state index contributed by atoms with van der Waals surface area (Å²) in [5, 5.41) is 0. The molecule has 0 saturated carbocycles. The van der Waals surface area contributed by atoms with E-state index in [0.29, 0.717) is 5.76 Å². The highest BCUT2D eigenvalue weighted by Crippen LogP contribution is 2.15. The number of carbonyl (C=O) groups excluding carboxylic acids is 5. The Kier molecular flexibility index (Phi) is 13.8. The van der Waals surface area contributed by atoms with Gasteiger partial charge in [0.25, 0.3) is 0 Å². The maximum Gasteiger partial charge on any atom is 0.338 e. The van der Waals surface area contributed by atoms with Crippen LogP contribution in [0.25, 0.3) is 0 Å². The van der Waals surface area contributed by atoms with Gasteiger partial charge in [0.15, 0.2) is 12.6 Å². The van der Waals surface area contributed by atoms with Gasteiger partial charge in [0.1, 0.15) is 19.8 Å². The fraction of sp³-hybridized carbons (Fsp3) is 0.370. The van der Waals surface area contributed by atoms with E-state index in [9.17, 15) is 24.0 Å². The average Bonchev–Trinajstić information content (AvgIpc) is 2.87. The van der Waals surface area contributed by atoms with Crippen molar-refractivity contribution in [2.45, 2.75) is 27.2 Å². The molecule has 0 aromatic heterocycles. The van der Waals surface area contributed by atoms with Crippen LogP contribution < -0.4 is 0 Å². The van der Waals surface area contributed by atoms with Gasteiger partial charge in [0, 0.05) is 23.1 Å². The van der Waals surface area contributed by atoms with Crippen molar-refractivity contribution in [3.8, 4) is 0 Å². The third-order valence-corrected chi connectivity index (χ3v) is 4.38. The van der Waals surface area contributed by atoms with E-state index >= 15 is 0 Å². The summed E-state index contributed by atoms with van der Waals surface area (Å²) in [6.45, 7) is 14.2. The van der Waals surface area contributed by atoms with Gasteiger partial charge < -0.3 is 28.4 Å². The molecule has 0 radical (unpaired) electrons. The molecule has 0 aliphatic rings. The van der Waals surface area contributed by atoms with E-state index in [0.717, 1.165) is 0 Å². The number of benzene rings is 1. The van der Waals surface area contributed by atoms with Crippen LogP contribution in [0.2, 0.25) is 0 Å². The van der Waals surface area contributed by atoms with Crippen molar-refractivity contribution in [1.82, 2.24) is 0 Å². The smallest absolute Gasteiger partial charge is 0.338 e. The molecule has 1 aromatic carbocycles. The minimum Gasteiger partial charge on any atom is -0.473 e. The third kappa shape index (κ3) is 12.1. The van der Waals surface area contributed by atoms with Crippen LogP contribution in [0.5, 0.6) is 0 Å². The number of ether oxygens (including phenoxy) is 6. The van der Waals surface area contributed by atoms with Gasteiger partial charge >= 0.3 is 23.9 Å². The van der Waals surface area contributed by atoms with E-state index < -0.39 is 29.7 Å². The zero-order chi connectivity index (χ0) is 28.7. The maximum atomic E-state index is 12.7. The second-order valence-corrected chi connectivity index (χ2v) is 7.95. The number of hydrogen-bond acceptors (Lipinski definition) is 11. The van der Waals surface area contributed by atoms with Gasteiger partial charge in [-0.3, -0.25) is 4.79 Å². The van der Waals surface area contributed by atoms with E-state index in [4.69, 9.17) is 28.4 Å². The molecule has 206 valence electrons. The van der Waals surface area contributed by atoms with Crippen LogP contribution in [-0.4, -0.2) is 69.5 Å². The summed E-state index contributed by atoms with van der Waals surface area (Å²) in [6.07, 6.45) is -0.209. The van der Waals surface area contributed by atoms with Crippen LogP contribution in [0.15, 0.2) is 54.8 Å². The van der Waals surface area contributed by atoms with E-state index in [1.807, 2.05) is 0 Å². The molecule has 0 saturated heterocycles. The zero-order valence-electron chi connectivity index (χ0n) is 21.8. The topological polar surface area (TPSA) is 141 Å². The highest BCUT2D eigenvalue weighted by Gasteiger charge is 2.19. The molecule has 1 rings (SSSR count). The van der Waals surface area contributed by atoms with Crippen molar-refractivity contribution in [3.63, 3.8) is 0 Å². The third-order valence-electron chi connectivity index (χ3n) is 4.38. The van der Waals surface area contributed by atoms with Gasteiger partial charge in [0.05, 0.1) is 30.1 Å². The van der Waals surface area contributed by atoms with Crippen molar-refractivity contribution in [1.29, 1.82) is 0 Å². The fourth-order valence-corrected chi connectivity index (χ4v) is 2.48. The summed E-state index contributed by atoms with van der Waals surface area (Å²) < 4.78 is 30.2. The quantitative estimate of drug-likeness (QED) is 0.0555. The number of allylic oxidation sites excluding steroid dienone is 1. The minimum atomic E-state index is -0.867. The molecule has 0 bridgehead atoms. The Bertz CT molecular complexity index is 1080. The van der Waals surface area contributed by atoms with Crippen LogP contribution in [-0.2, 0) is 38.0 Å². The molecular formula is C27H32O11. The average molecular weight is 533 g/mol. The van der Waals surface area contributed by atoms with Crippen LogP contribution in [0.3, 0.4) is 0 Å². The molecule has 0 atom stereocenters. The van der Waals surface area contributed by atoms with Crippen molar-refractivity contribution < 1.29 is 52.4 Å². The van der Waals surface area contributed by atoms with Gasteiger partial charge in [-0.15, -0.1) is 0 Å². The summed E-state index contributed by atoms with van der Waals surface area (Å²) in [4.78, 5) is 60.8. The lowest BCUT2D eigenvalue weighted by atomic mass is 10.0. The molecule has 0 fully saturated rings. The van der Waals surface area contributed by atoms with E-state index in [-0.39, 0.29) is 74.1 Å². The number of carbonyl (C=O) groups is 5. The second-order valence-electron chi connectivity index (χ2n) is 7.95. The summed E-state index contributed by atoms with van der Waals surface area (Å²) in [7, 11) is 0. The minimum absolute atomic E-state index is 0.00223. The zero-order valence-corrected chi connectivity index (χ0v) is 21.8. The van der Waals surface area contributed by atoms with Crippen LogP contribution >= 0.6 is 0 Å².